The number of aromatic nitrogens is 2. The van der Waals surface area contributed by atoms with Gasteiger partial charge < -0.3 is 4.79 Å². The van der Waals surface area contributed by atoms with Crippen molar-refractivity contribution in [2.75, 3.05) is 3.93 Å². The number of nitrogens with zero attached hydrogens (tertiary/aromatic N) is 3. The summed E-state index contributed by atoms with van der Waals surface area (Å²) in [5, 5.41) is 7.59. The van der Waals surface area contributed by atoms with Crippen LogP contribution in [0.2, 0.25) is 0 Å². The smallest absolute Gasteiger partial charge is 0.246 e. The summed E-state index contributed by atoms with van der Waals surface area (Å²) in [6.07, 6.45) is 0.377. The third-order valence-corrected chi connectivity index (χ3v) is 2.63. The molecule has 1 aromatic rings. The molecule has 0 saturated heterocycles. The summed E-state index contributed by atoms with van der Waals surface area (Å²) >= 11 is 4.17. The van der Waals surface area contributed by atoms with E-state index in [1.54, 1.807) is 0 Å². The second kappa shape index (κ2) is 4.27. The summed E-state index contributed by atoms with van der Waals surface area (Å²) in [4.78, 5) is 21.0. The molecule has 0 radical (unpaired) electrons. The van der Waals surface area contributed by atoms with Crippen molar-refractivity contribution in [3.05, 3.63) is 5.51 Å². The number of amides is 1. The van der Waals surface area contributed by atoms with E-state index in [0.29, 0.717) is 11.4 Å². The van der Waals surface area contributed by atoms with Crippen LogP contribution in [-0.2, 0) is 9.59 Å². The van der Waals surface area contributed by atoms with Crippen LogP contribution in [0.15, 0.2) is 5.51 Å². The molecule has 5 nitrogen and oxygen atoms in total. The summed E-state index contributed by atoms with van der Waals surface area (Å²) in [7, 11) is 0. The van der Waals surface area contributed by atoms with Crippen molar-refractivity contribution >= 4 is 44.8 Å². The lowest BCUT2D eigenvalue weighted by atomic mass is 10.4. The molecule has 1 rings (SSSR count). The van der Waals surface area contributed by atoms with E-state index in [-0.39, 0.29) is 12.3 Å². The average Bonchev–Trinajstić information content (AvgIpc) is 2.55. The highest BCUT2D eigenvalue weighted by Gasteiger charge is 2.14. The number of carbonyl (C=O) groups is 2. The third kappa shape index (κ3) is 2.08. The third-order valence-electron chi connectivity index (χ3n) is 0.993. The van der Waals surface area contributed by atoms with Crippen molar-refractivity contribution in [1.29, 1.82) is 0 Å². The lowest BCUT2D eigenvalue weighted by Gasteiger charge is -2.06. The van der Waals surface area contributed by atoms with Crippen LogP contribution in [0.1, 0.15) is 6.42 Å². The number of hydrogen-bond donors (Lipinski definition) is 0. The van der Waals surface area contributed by atoms with Crippen LogP contribution in [0.4, 0.5) is 5.13 Å². The van der Waals surface area contributed by atoms with Gasteiger partial charge in [0, 0.05) is 0 Å². The monoisotopic (exact) mass is 249 g/mol. The van der Waals surface area contributed by atoms with E-state index in [1.165, 1.54) is 16.8 Å². The van der Waals surface area contributed by atoms with E-state index in [4.69, 9.17) is 0 Å². The molecule has 64 valence electrons. The SMILES string of the molecule is O=CCC(=O)N(Br)c1nncs1. The maximum atomic E-state index is 11.0. The fourth-order valence-electron chi connectivity index (χ4n) is 0.511. The summed E-state index contributed by atoms with van der Waals surface area (Å²) in [5.74, 6) is -0.359. The summed E-state index contributed by atoms with van der Waals surface area (Å²) in [6, 6.07) is 0. The van der Waals surface area contributed by atoms with Crippen molar-refractivity contribution < 1.29 is 9.59 Å². The molecule has 0 N–H and O–H groups in total. The molecule has 7 heteroatoms. The molecule has 0 saturated carbocycles. The first-order valence-corrected chi connectivity index (χ1v) is 4.53. The summed E-state index contributed by atoms with van der Waals surface area (Å²) in [6.45, 7) is 0. The summed E-state index contributed by atoms with van der Waals surface area (Å²) in [5.41, 5.74) is 1.50. The highest BCUT2D eigenvalue weighted by Crippen LogP contribution is 2.19. The molecule has 0 aliphatic heterocycles. The maximum Gasteiger partial charge on any atom is 0.246 e. The zero-order valence-corrected chi connectivity index (χ0v) is 8.21. The number of anilines is 1. The molecule has 1 amide bonds. The minimum Gasteiger partial charge on any atom is -0.303 e. The summed E-state index contributed by atoms with van der Waals surface area (Å²) < 4.78 is 1.12. The Morgan fingerprint density at radius 2 is 2.58 bits per heavy atom. The number of rotatable bonds is 3. The minimum absolute atomic E-state index is 0.162. The van der Waals surface area contributed by atoms with Gasteiger partial charge in [-0.15, -0.1) is 10.2 Å². The second-order valence-electron chi connectivity index (χ2n) is 1.77. The van der Waals surface area contributed by atoms with Crippen LogP contribution < -0.4 is 3.93 Å². The predicted octanol–water partition coefficient (Wildman–Crippen LogP) is 0.770. The molecule has 0 aromatic carbocycles. The van der Waals surface area contributed by atoms with Crippen molar-refractivity contribution in [3.8, 4) is 0 Å². The Labute approximate surface area is 80.7 Å². The molecule has 0 atom stereocenters. The predicted molar refractivity (Wildman–Crippen MR) is 47.0 cm³/mol. The maximum absolute atomic E-state index is 11.0. The van der Waals surface area contributed by atoms with Crippen LogP contribution in [0.3, 0.4) is 0 Å². The Hall–Kier alpha value is -0.820. The fourth-order valence-corrected chi connectivity index (χ4v) is 1.45. The van der Waals surface area contributed by atoms with Gasteiger partial charge in [-0.05, 0) is 0 Å². The van der Waals surface area contributed by atoms with Gasteiger partial charge in [-0.2, -0.15) is 0 Å². The molecule has 0 unspecified atom stereocenters. The largest absolute Gasteiger partial charge is 0.303 e. The van der Waals surface area contributed by atoms with Gasteiger partial charge in [-0.3, -0.25) is 4.79 Å². The van der Waals surface area contributed by atoms with Gasteiger partial charge in [0.25, 0.3) is 0 Å². The Bertz CT molecular complexity index is 276. The van der Waals surface area contributed by atoms with Gasteiger partial charge in [0.2, 0.25) is 11.0 Å². The molecule has 0 aliphatic carbocycles. The van der Waals surface area contributed by atoms with Gasteiger partial charge in [0.1, 0.15) is 11.8 Å². The van der Waals surface area contributed by atoms with E-state index in [1.807, 2.05) is 0 Å². The first kappa shape index (κ1) is 9.27. The van der Waals surface area contributed by atoms with Crippen LogP contribution in [0.25, 0.3) is 0 Å². The van der Waals surface area contributed by atoms with Gasteiger partial charge in [-0.1, -0.05) is 11.3 Å². The van der Waals surface area contributed by atoms with Crippen LogP contribution in [-0.4, -0.2) is 22.4 Å². The number of halogens is 1. The highest BCUT2D eigenvalue weighted by atomic mass is 79.9. The van der Waals surface area contributed by atoms with Crippen LogP contribution in [0, 0.1) is 0 Å². The van der Waals surface area contributed by atoms with Crippen LogP contribution in [0.5, 0.6) is 0 Å². The first-order valence-electron chi connectivity index (χ1n) is 2.94. The highest BCUT2D eigenvalue weighted by molar-refractivity contribution is 9.10. The molecule has 1 aromatic heterocycles. The Kier molecular flexibility index (Phi) is 3.30. The van der Waals surface area contributed by atoms with Crippen molar-refractivity contribution in [3.63, 3.8) is 0 Å². The van der Waals surface area contributed by atoms with E-state index < -0.39 is 0 Å². The van der Waals surface area contributed by atoms with E-state index >= 15 is 0 Å². The molecular formula is C5H4BrN3O2S. The number of aldehydes is 1. The van der Waals surface area contributed by atoms with Gasteiger partial charge in [0.05, 0.1) is 22.6 Å². The molecule has 12 heavy (non-hydrogen) atoms. The molecule has 0 spiro atoms. The molecule has 1 heterocycles. The zero-order chi connectivity index (χ0) is 8.97. The second-order valence-corrected chi connectivity index (χ2v) is 3.29. The number of carbonyl (C=O) groups excluding carboxylic acids is 2. The van der Waals surface area contributed by atoms with Crippen LogP contribution >= 0.6 is 27.5 Å². The zero-order valence-electron chi connectivity index (χ0n) is 5.81. The van der Waals surface area contributed by atoms with E-state index in [2.05, 4.69) is 26.3 Å². The Morgan fingerprint density at radius 1 is 1.83 bits per heavy atom. The lowest BCUT2D eigenvalue weighted by Crippen LogP contribution is -2.19. The first-order chi connectivity index (χ1) is 5.75. The number of hydrogen-bond acceptors (Lipinski definition) is 5. The standard InChI is InChI=1S/C5H4BrN3O2S/c6-9(4(11)1-2-10)5-8-7-3-12-5/h2-3H,1H2. The van der Waals surface area contributed by atoms with Crippen molar-refractivity contribution in [1.82, 2.24) is 10.2 Å². The van der Waals surface area contributed by atoms with Gasteiger partial charge in [-0.25, -0.2) is 3.93 Å². The fraction of sp³-hybridized carbons (Fsp3) is 0.200. The Balaban J connectivity index is 2.65. The van der Waals surface area contributed by atoms with Gasteiger partial charge in [0.15, 0.2) is 0 Å². The van der Waals surface area contributed by atoms with Gasteiger partial charge >= 0.3 is 0 Å². The average molecular weight is 250 g/mol. The topological polar surface area (TPSA) is 63.2 Å². The quantitative estimate of drug-likeness (QED) is 0.451. The molecular weight excluding hydrogens is 246 g/mol. The Morgan fingerprint density at radius 3 is 3.08 bits per heavy atom. The van der Waals surface area contributed by atoms with E-state index in [0.717, 1.165) is 3.93 Å². The van der Waals surface area contributed by atoms with Crippen molar-refractivity contribution in [2.45, 2.75) is 6.42 Å². The van der Waals surface area contributed by atoms with E-state index in [9.17, 15) is 9.59 Å². The normalized spacial score (nSPS) is 9.42. The minimum atomic E-state index is -0.359. The van der Waals surface area contributed by atoms with Crippen molar-refractivity contribution in [2.24, 2.45) is 0 Å². The molecule has 0 aliphatic rings. The molecule has 0 bridgehead atoms. The lowest BCUT2D eigenvalue weighted by molar-refractivity contribution is -0.120. The molecule has 0 fully saturated rings.